The molecule has 1 aliphatic rings. The van der Waals surface area contributed by atoms with Crippen LogP contribution in [0.15, 0.2) is 108 Å². The van der Waals surface area contributed by atoms with Gasteiger partial charge in [-0.2, -0.15) is 0 Å². The monoisotopic (exact) mass is 687 g/mol. The quantitative estimate of drug-likeness (QED) is 0.164. The molecule has 5 rings (SSSR count). The van der Waals surface area contributed by atoms with Gasteiger partial charge in [0, 0.05) is 24.0 Å². The molecule has 0 radical (unpaired) electrons. The molecule has 1 N–H and O–H groups in total. The van der Waals surface area contributed by atoms with Crippen LogP contribution in [0.2, 0.25) is 5.02 Å². The Labute approximate surface area is 288 Å². The molecule has 2 amide bonds. The number of sulfonamides is 1. The highest BCUT2D eigenvalue weighted by atomic mass is 35.5. The van der Waals surface area contributed by atoms with Crippen molar-refractivity contribution in [2.24, 2.45) is 0 Å². The van der Waals surface area contributed by atoms with E-state index in [1.165, 1.54) is 30.2 Å². The molecule has 1 aliphatic carbocycles. The first-order chi connectivity index (χ1) is 23.2. The third-order valence-electron chi connectivity index (χ3n) is 8.84. The number of halogens is 1. The Kier molecular flexibility index (Phi) is 11.8. The van der Waals surface area contributed by atoms with Gasteiger partial charge in [0.25, 0.3) is 10.0 Å². The van der Waals surface area contributed by atoms with E-state index in [2.05, 4.69) is 5.32 Å². The standard InChI is InChI=1S/C38H42ClN3O5S/c1-28-14-12-13-17-30(28)26-41(35(24-29-15-6-3-7-16-29)38(44)40-32-18-8-4-9-19-32)37(43)27-42(34-25-31(39)22-23-36(34)47-2)48(45,46)33-20-10-5-11-21-33/h3,5-7,10-17,20-23,25,32,35H,4,8-9,18-19,24,26-27H2,1-2H3,(H,40,44). The average molecular weight is 688 g/mol. The van der Waals surface area contributed by atoms with Gasteiger partial charge in [-0.15, -0.1) is 0 Å². The number of benzene rings is 4. The SMILES string of the molecule is COc1ccc(Cl)cc1N(CC(=O)N(Cc1ccccc1C)C(Cc1ccccc1)C(=O)NC1CCCCC1)S(=O)(=O)c1ccccc1. The molecule has 0 aliphatic heterocycles. The zero-order valence-electron chi connectivity index (χ0n) is 27.3. The summed E-state index contributed by atoms with van der Waals surface area (Å²) in [6.45, 7) is 1.46. The number of nitrogens with zero attached hydrogens (tertiary/aromatic N) is 2. The Morgan fingerprint density at radius 3 is 2.21 bits per heavy atom. The fourth-order valence-corrected chi connectivity index (χ4v) is 7.76. The summed E-state index contributed by atoms with van der Waals surface area (Å²) in [4.78, 5) is 30.6. The molecule has 1 unspecified atom stereocenters. The summed E-state index contributed by atoms with van der Waals surface area (Å²) in [5.41, 5.74) is 2.80. The predicted molar refractivity (Wildman–Crippen MR) is 190 cm³/mol. The Balaban J connectivity index is 1.60. The fourth-order valence-electron chi connectivity index (χ4n) is 6.16. The molecule has 1 atom stereocenters. The van der Waals surface area contributed by atoms with Crippen molar-refractivity contribution in [1.82, 2.24) is 10.2 Å². The van der Waals surface area contributed by atoms with Gasteiger partial charge in [-0.1, -0.05) is 104 Å². The Hall–Kier alpha value is -4.34. The van der Waals surface area contributed by atoms with Crippen LogP contribution in [0.5, 0.6) is 5.75 Å². The van der Waals surface area contributed by atoms with Crippen LogP contribution < -0.4 is 14.4 Å². The van der Waals surface area contributed by atoms with E-state index in [-0.39, 0.29) is 46.3 Å². The number of methoxy groups -OCH3 is 1. The van der Waals surface area contributed by atoms with Crippen molar-refractivity contribution in [1.29, 1.82) is 0 Å². The van der Waals surface area contributed by atoms with Crippen molar-refractivity contribution >= 4 is 39.1 Å². The van der Waals surface area contributed by atoms with Crippen molar-refractivity contribution < 1.29 is 22.7 Å². The van der Waals surface area contributed by atoms with E-state index in [1.807, 2.05) is 61.5 Å². The van der Waals surface area contributed by atoms with Gasteiger partial charge in [0.2, 0.25) is 11.8 Å². The molecule has 10 heteroatoms. The Morgan fingerprint density at radius 2 is 1.54 bits per heavy atom. The van der Waals surface area contributed by atoms with Crippen LogP contribution in [0.25, 0.3) is 0 Å². The molecular weight excluding hydrogens is 646 g/mol. The number of anilines is 1. The molecule has 1 fully saturated rings. The number of rotatable bonds is 13. The molecule has 4 aromatic carbocycles. The van der Waals surface area contributed by atoms with Crippen LogP contribution in [-0.2, 0) is 32.6 Å². The lowest BCUT2D eigenvalue weighted by molar-refractivity contribution is -0.140. The highest BCUT2D eigenvalue weighted by Gasteiger charge is 2.36. The zero-order valence-corrected chi connectivity index (χ0v) is 28.9. The maximum atomic E-state index is 14.8. The fraction of sp³-hybridized carbons (Fsp3) is 0.316. The lowest BCUT2D eigenvalue weighted by Gasteiger charge is -2.35. The molecule has 8 nitrogen and oxygen atoms in total. The first-order valence-electron chi connectivity index (χ1n) is 16.3. The van der Waals surface area contributed by atoms with E-state index in [0.29, 0.717) is 0 Å². The maximum absolute atomic E-state index is 14.8. The summed E-state index contributed by atoms with van der Waals surface area (Å²) in [5.74, 6) is -0.571. The van der Waals surface area contributed by atoms with Gasteiger partial charge in [0.15, 0.2) is 0 Å². The second-order valence-electron chi connectivity index (χ2n) is 12.1. The maximum Gasteiger partial charge on any atom is 0.264 e. The summed E-state index contributed by atoms with van der Waals surface area (Å²) in [7, 11) is -2.87. The normalized spacial score (nSPS) is 14.1. The van der Waals surface area contributed by atoms with Gasteiger partial charge in [-0.3, -0.25) is 13.9 Å². The number of carbonyl (C=O) groups excluding carboxylic acids is 2. The van der Waals surface area contributed by atoms with Crippen LogP contribution in [0, 0.1) is 6.92 Å². The third kappa shape index (κ3) is 8.57. The van der Waals surface area contributed by atoms with Gasteiger partial charge in [0.05, 0.1) is 17.7 Å². The van der Waals surface area contributed by atoms with Gasteiger partial charge in [-0.25, -0.2) is 8.42 Å². The van der Waals surface area contributed by atoms with Crippen molar-refractivity contribution in [3.05, 3.63) is 125 Å². The van der Waals surface area contributed by atoms with Crippen LogP contribution >= 0.6 is 11.6 Å². The van der Waals surface area contributed by atoms with Crippen molar-refractivity contribution in [2.45, 2.75) is 69.0 Å². The van der Waals surface area contributed by atoms with Crippen LogP contribution in [0.1, 0.15) is 48.8 Å². The first kappa shape index (κ1) is 35.0. The lowest BCUT2D eigenvalue weighted by atomic mass is 9.94. The van der Waals surface area contributed by atoms with Gasteiger partial charge in [-0.05, 0) is 66.8 Å². The number of carbonyl (C=O) groups is 2. The van der Waals surface area contributed by atoms with E-state index < -0.39 is 28.5 Å². The van der Waals surface area contributed by atoms with Gasteiger partial charge < -0.3 is 15.0 Å². The number of aryl methyl sites for hydroxylation is 1. The van der Waals surface area contributed by atoms with Gasteiger partial charge >= 0.3 is 0 Å². The smallest absolute Gasteiger partial charge is 0.264 e. The largest absolute Gasteiger partial charge is 0.495 e. The molecular formula is C38H42ClN3O5S. The minimum absolute atomic E-state index is 0.00107. The van der Waals surface area contributed by atoms with Gasteiger partial charge in [0.1, 0.15) is 18.3 Å². The zero-order chi connectivity index (χ0) is 34.1. The van der Waals surface area contributed by atoms with E-state index in [4.69, 9.17) is 16.3 Å². The lowest BCUT2D eigenvalue weighted by Crippen LogP contribution is -2.55. The highest BCUT2D eigenvalue weighted by molar-refractivity contribution is 7.92. The molecule has 0 bridgehead atoms. The summed E-state index contributed by atoms with van der Waals surface area (Å²) in [5, 5.41) is 3.51. The van der Waals surface area contributed by atoms with Crippen molar-refractivity contribution in [3.63, 3.8) is 0 Å². The molecule has 1 saturated carbocycles. The van der Waals surface area contributed by atoms with E-state index in [0.717, 1.165) is 53.1 Å². The molecule has 0 saturated heterocycles. The van der Waals surface area contributed by atoms with E-state index in [1.54, 1.807) is 30.3 Å². The number of hydrogen-bond acceptors (Lipinski definition) is 5. The molecule has 48 heavy (non-hydrogen) atoms. The van der Waals surface area contributed by atoms with Crippen LogP contribution in [0.4, 0.5) is 5.69 Å². The molecule has 0 heterocycles. The Bertz CT molecular complexity index is 1800. The predicted octanol–water partition coefficient (Wildman–Crippen LogP) is 6.94. The van der Waals surface area contributed by atoms with Crippen LogP contribution in [-0.4, -0.2) is 50.9 Å². The number of hydrogen-bond donors (Lipinski definition) is 1. The van der Waals surface area contributed by atoms with E-state index in [9.17, 15) is 18.0 Å². The summed E-state index contributed by atoms with van der Waals surface area (Å²) in [6, 6.07) is 28.9. The third-order valence-corrected chi connectivity index (χ3v) is 10.9. The molecule has 4 aromatic rings. The van der Waals surface area contributed by atoms with E-state index >= 15 is 0 Å². The summed E-state index contributed by atoms with van der Waals surface area (Å²) in [6.07, 6.45) is 5.22. The molecule has 0 spiro atoms. The highest BCUT2D eigenvalue weighted by Crippen LogP contribution is 2.35. The second-order valence-corrected chi connectivity index (χ2v) is 14.4. The number of nitrogens with one attached hydrogen (secondary N) is 1. The Morgan fingerprint density at radius 1 is 0.896 bits per heavy atom. The minimum Gasteiger partial charge on any atom is -0.495 e. The molecule has 252 valence electrons. The topological polar surface area (TPSA) is 96.0 Å². The number of ether oxygens (including phenoxy) is 1. The van der Waals surface area contributed by atoms with Crippen molar-refractivity contribution in [3.8, 4) is 5.75 Å². The first-order valence-corrected chi connectivity index (χ1v) is 18.1. The second kappa shape index (κ2) is 16.2. The van der Waals surface area contributed by atoms with Crippen LogP contribution in [0.3, 0.4) is 0 Å². The average Bonchev–Trinajstić information content (AvgIpc) is 3.10. The summed E-state index contributed by atoms with van der Waals surface area (Å²) >= 11 is 6.39. The van der Waals surface area contributed by atoms with Crippen molar-refractivity contribution in [2.75, 3.05) is 18.0 Å². The molecule has 0 aromatic heterocycles. The number of amides is 2. The minimum atomic E-state index is -4.29. The summed E-state index contributed by atoms with van der Waals surface area (Å²) < 4.78 is 35.2.